The minimum absolute atomic E-state index is 0.228. The SMILES string of the molecule is CCCCCCCCc1cc(B2OCCO2)ccc1-c1ccc(B2OCCO2)cc1CCCCCCCC. The van der Waals surface area contributed by atoms with E-state index in [2.05, 4.69) is 50.2 Å². The third-order valence-corrected chi connectivity index (χ3v) is 7.94. The van der Waals surface area contributed by atoms with Gasteiger partial charge in [-0.25, -0.2) is 0 Å². The highest BCUT2D eigenvalue weighted by atomic mass is 16.6. The van der Waals surface area contributed by atoms with Gasteiger partial charge in [0, 0.05) is 0 Å². The molecule has 0 bridgehead atoms. The summed E-state index contributed by atoms with van der Waals surface area (Å²) in [5, 5.41) is 0. The number of unbranched alkanes of at least 4 members (excludes halogenated alkanes) is 10. The van der Waals surface area contributed by atoms with Crippen molar-refractivity contribution < 1.29 is 18.6 Å². The van der Waals surface area contributed by atoms with E-state index in [1.807, 2.05) is 0 Å². The van der Waals surface area contributed by atoms with Crippen molar-refractivity contribution in [3.05, 3.63) is 47.5 Å². The van der Waals surface area contributed by atoms with Crippen LogP contribution in [0, 0.1) is 0 Å². The van der Waals surface area contributed by atoms with E-state index in [4.69, 9.17) is 18.6 Å². The maximum Gasteiger partial charge on any atom is 0.494 e. The maximum atomic E-state index is 5.85. The molecule has 6 heteroatoms. The Kier molecular flexibility index (Phi) is 12.8. The van der Waals surface area contributed by atoms with E-state index >= 15 is 0 Å². The molecule has 0 N–H and O–H groups in total. The smallest absolute Gasteiger partial charge is 0.405 e. The molecule has 2 saturated heterocycles. The van der Waals surface area contributed by atoms with Gasteiger partial charge in [-0.2, -0.15) is 0 Å². The first-order valence-electron chi connectivity index (χ1n) is 15.5. The molecule has 0 unspecified atom stereocenters. The Morgan fingerprint density at radius 1 is 0.500 bits per heavy atom. The van der Waals surface area contributed by atoms with Crippen molar-refractivity contribution >= 4 is 25.2 Å². The fraction of sp³-hybridized carbons (Fsp3) is 0.625. The molecule has 0 aromatic heterocycles. The fourth-order valence-corrected chi connectivity index (χ4v) is 5.75. The fourth-order valence-electron chi connectivity index (χ4n) is 5.75. The van der Waals surface area contributed by atoms with E-state index < -0.39 is 0 Å². The lowest BCUT2D eigenvalue weighted by molar-refractivity contribution is 0.365. The second kappa shape index (κ2) is 16.5. The molecule has 206 valence electrons. The summed E-state index contributed by atoms with van der Waals surface area (Å²) in [6.45, 7) is 7.26. The second-order valence-corrected chi connectivity index (χ2v) is 11.0. The summed E-state index contributed by atoms with van der Waals surface area (Å²) < 4.78 is 23.4. The van der Waals surface area contributed by atoms with Gasteiger partial charge in [0.15, 0.2) is 0 Å². The molecule has 4 rings (SSSR count). The first-order valence-corrected chi connectivity index (χ1v) is 15.5. The van der Waals surface area contributed by atoms with Crippen molar-refractivity contribution in [1.29, 1.82) is 0 Å². The van der Waals surface area contributed by atoms with Crippen LogP contribution in [0.1, 0.15) is 102 Å². The molecule has 2 heterocycles. The van der Waals surface area contributed by atoms with Crippen molar-refractivity contribution in [2.75, 3.05) is 26.4 Å². The third-order valence-electron chi connectivity index (χ3n) is 7.94. The quantitative estimate of drug-likeness (QED) is 0.174. The lowest BCUT2D eigenvalue weighted by Crippen LogP contribution is -2.32. The van der Waals surface area contributed by atoms with Crippen LogP contribution in [0.15, 0.2) is 36.4 Å². The summed E-state index contributed by atoms with van der Waals surface area (Å²) in [5.74, 6) is 0. The molecule has 0 saturated carbocycles. The van der Waals surface area contributed by atoms with Crippen molar-refractivity contribution in [3.63, 3.8) is 0 Å². The van der Waals surface area contributed by atoms with Crippen LogP contribution < -0.4 is 10.9 Å². The average molecular weight is 518 g/mol. The predicted octanol–water partition coefficient (Wildman–Crippen LogP) is 6.64. The molecule has 0 amide bonds. The van der Waals surface area contributed by atoms with Crippen LogP contribution in [0.3, 0.4) is 0 Å². The largest absolute Gasteiger partial charge is 0.494 e. The summed E-state index contributed by atoms with van der Waals surface area (Å²) in [6.07, 6.45) is 17.9. The minimum atomic E-state index is -0.228. The van der Waals surface area contributed by atoms with Crippen LogP contribution in [0.4, 0.5) is 0 Å². The molecule has 2 aliphatic rings. The lowest BCUT2D eigenvalue weighted by atomic mass is 9.75. The number of aryl methyl sites for hydroxylation is 2. The molecule has 0 aliphatic carbocycles. The molecule has 2 aromatic carbocycles. The van der Waals surface area contributed by atoms with Crippen LogP contribution in [0.5, 0.6) is 0 Å². The van der Waals surface area contributed by atoms with E-state index in [1.165, 1.54) is 99.3 Å². The van der Waals surface area contributed by atoms with Gasteiger partial charge in [0.25, 0.3) is 0 Å². The van der Waals surface area contributed by atoms with Gasteiger partial charge >= 0.3 is 14.2 Å². The van der Waals surface area contributed by atoms with E-state index in [-0.39, 0.29) is 14.2 Å². The number of rotatable bonds is 17. The average Bonchev–Trinajstić information content (AvgIpc) is 3.68. The first-order chi connectivity index (χ1) is 18.8. The monoisotopic (exact) mass is 518 g/mol. The van der Waals surface area contributed by atoms with Crippen molar-refractivity contribution in [2.24, 2.45) is 0 Å². The lowest BCUT2D eigenvalue weighted by Gasteiger charge is -2.18. The highest BCUT2D eigenvalue weighted by Crippen LogP contribution is 2.30. The summed E-state index contributed by atoms with van der Waals surface area (Å²) in [5.41, 5.74) is 7.86. The van der Waals surface area contributed by atoms with Crippen LogP contribution in [-0.2, 0) is 31.5 Å². The van der Waals surface area contributed by atoms with Gasteiger partial charge in [0.1, 0.15) is 0 Å². The van der Waals surface area contributed by atoms with E-state index in [1.54, 1.807) is 0 Å². The summed E-state index contributed by atoms with van der Waals surface area (Å²) in [7, 11) is -0.456. The van der Waals surface area contributed by atoms with Crippen molar-refractivity contribution in [2.45, 2.75) is 104 Å². The van der Waals surface area contributed by atoms with Crippen LogP contribution in [0.25, 0.3) is 11.1 Å². The Balaban J connectivity index is 1.56. The molecule has 0 atom stereocenters. The van der Waals surface area contributed by atoms with Gasteiger partial charge < -0.3 is 18.6 Å². The number of hydrogen-bond acceptors (Lipinski definition) is 4. The van der Waals surface area contributed by atoms with Crippen molar-refractivity contribution in [3.8, 4) is 11.1 Å². The van der Waals surface area contributed by atoms with E-state index in [9.17, 15) is 0 Å². The second-order valence-electron chi connectivity index (χ2n) is 11.0. The van der Waals surface area contributed by atoms with Gasteiger partial charge in [-0.05, 0) is 58.9 Å². The highest BCUT2D eigenvalue weighted by Gasteiger charge is 2.28. The number of hydrogen-bond donors (Lipinski definition) is 0. The zero-order valence-corrected chi connectivity index (χ0v) is 24.0. The van der Waals surface area contributed by atoms with Crippen LogP contribution in [-0.4, -0.2) is 40.7 Å². The van der Waals surface area contributed by atoms with Crippen LogP contribution >= 0.6 is 0 Å². The zero-order valence-electron chi connectivity index (χ0n) is 24.0. The topological polar surface area (TPSA) is 36.9 Å². The summed E-state index contributed by atoms with van der Waals surface area (Å²) >= 11 is 0. The molecular formula is C32H48B2O4. The van der Waals surface area contributed by atoms with E-state index in [0.717, 1.165) is 23.8 Å². The molecule has 2 aliphatic heterocycles. The Bertz CT molecular complexity index is 877. The normalized spacial score (nSPS) is 15.6. The highest BCUT2D eigenvalue weighted by molar-refractivity contribution is 6.62. The minimum Gasteiger partial charge on any atom is -0.405 e. The van der Waals surface area contributed by atoms with Gasteiger partial charge in [-0.15, -0.1) is 0 Å². The van der Waals surface area contributed by atoms with Gasteiger partial charge in [-0.3, -0.25) is 0 Å². The standard InChI is InChI=1S/C32H48B2O4/c1-3-5-7-9-11-13-15-27-25-29(33-35-21-22-36-33)17-19-31(27)32-20-18-30(34-37-23-24-38-34)26-28(32)16-14-12-10-8-6-4-2/h17-20,25-26H,3-16,21-24H2,1-2H3. The Morgan fingerprint density at radius 3 is 1.26 bits per heavy atom. The zero-order chi connectivity index (χ0) is 26.4. The molecule has 2 fully saturated rings. The van der Waals surface area contributed by atoms with Crippen LogP contribution in [0.2, 0.25) is 0 Å². The first kappa shape index (κ1) is 29.4. The summed E-state index contributed by atoms with van der Waals surface area (Å²) in [4.78, 5) is 0. The van der Waals surface area contributed by atoms with Gasteiger partial charge in [0.2, 0.25) is 0 Å². The van der Waals surface area contributed by atoms with Gasteiger partial charge in [0.05, 0.1) is 26.4 Å². The maximum absolute atomic E-state index is 5.85. The third kappa shape index (κ3) is 8.71. The van der Waals surface area contributed by atoms with Gasteiger partial charge in [-0.1, -0.05) is 114 Å². The molecular weight excluding hydrogens is 470 g/mol. The number of benzene rings is 2. The van der Waals surface area contributed by atoms with E-state index in [0.29, 0.717) is 26.4 Å². The predicted molar refractivity (Wildman–Crippen MR) is 161 cm³/mol. The molecule has 0 radical (unpaired) electrons. The molecule has 2 aromatic rings. The Morgan fingerprint density at radius 2 is 0.868 bits per heavy atom. The Labute approximate surface area is 232 Å². The molecule has 4 nitrogen and oxygen atoms in total. The molecule has 38 heavy (non-hydrogen) atoms. The molecule has 0 spiro atoms. The Hall–Kier alpha value is -1.59. The van der Waals surface area contributed by atoms with Crippen molar-refractivity contribution in [1.82, 2.24) is 0 Å². The summed E-state index contributed by atoms with van der Waals surface area (Å²) in [6, 6.07) is 13.7.